The molecule has 2 rings (SSSR count). The van der Waals surface area contributed by atoms with E-state index < -0.39 is 0 Å². The standard InChI is InChI=1S/C17H21N3OS/c1-3-18-17(22)20(13-15-6-4-5-11-19-15)12-14-7-9-16(21-2)10-8-14/h4-11H,3,12-13H2,1-2H3,(H,18,22). The summed E-state index contributed by atoms with van der Waals surface area (Å²) in [6, 6.07) is 14.0. The molecule has 0 aliphatic heterocycles. The van der Waals surface area contributed by atoms with Crippen LogP contribution in [0.1, 0.15) is 18.2 Å². The molecule has 0 saturated heterocycles. The van der Waals surface area contributed by atoms with Gasteiger partial charge in [-0.3, -0.25) is 4.98 Å². The Morgan fingerprint density at radius 1 is 1.18 bits per heavy atom. The summed E-state index contributed by atoms with van der Waals surface area (Å²) < 4.78 is 5.19. The van der Waals surface area contributed by atoms with Crippen LogP contribution < -0.4 is 10.1 Å². The Labute approximate surface area is 137 Å². The molecule has 1 aromatic heterocycles. The van der Waals surface area contributed by atoms with Gasteiger partial charge in [0.1, 0.15) is 5.75 Å². The molecule has 0 bridgehead atoms. The number of rotatable bonds is 6. The van der Waals surface area contributed by atoms with Gasteiger partial charge in [0.15, 0.2) is 5.11 Å². The monoisotopic (exact) mass is 315 g/mol. The number of nitrogens with zero attached hydrogens (tertiary/aromatic N) is 2. The molecule has 2 aromatic rings. The van der Waals surface area contributed by atoms with Gasteiger partial charge >= 0.3 is 0 Å². The number of pyridine rings is 1. The highest BCUT2D eigenvalue weighted by atomic mass is 32.1. The molecule has 1 aromatic carbocycles. The van der Waals surface area contributed by atoms with E-state index in [9.17, 15) is 0 Å². The van der Waals surface area contributed by atoms with Crippen molar-refractivity contribution in [2.75, 3.05) is 13.7 Å². The largest absolute Gasteiger partial charge is 0.497 e. The van der Waals surface area contributed by atoms with Crippen LogP contribution in [0.4, 0.5) is 0 Å². The minimum Gasteiger partial charge on any atom is -0.497 e. The third-order valence-electron chi connectivity index (χ3n) is 3.23. The zero-order valence-corrected chi connectivity index (χ0v) is 13.8. The highest BCUT2D eigenvalue weighted by Crippen LogP contribution is 2.14. The van der Waals surface area contributed by atoms with Gasteiger partial charge in [-0.05, 0) is 49.0 Å². The molecule has 22 heavy (non-hydrogen) atoms. The quantitative estimate of drug-likeness (QED) is 0.830. The summed E-state index contributed by atoms with van der Waals surface area (Å²) in [5.74, 6) is 0.856. The van der Waals surface area contributed by atoms with Gasteiger partial charge in [-0.25, -0.2) is 0 Å². The molecule has 0 amide bonds. The molecule has 1 heterocycles. The van der Waals surface area contributed by atoms with E-state index in [-0.39, 0.29) is 0 Å². The van der Waals surface area contributed by atoms with Gasteiger partial charge in [0.05, 0.1) is 19.3 Å². The molecule has 0 saturated carbocycles. The van der Waals surface area contributed by atoms with Crippen LogP contribution in [-0.4, -0.2) is 28.7 Å². The van der Waals surface area contributed by atoms with Crippen molar-refractivity contribution in [2.24, 2.45) is 0 Å². The van der Waals surface area contributed by atoms with E-state index in [0.29, 0.717) is 6.54 Å². The minimum atomic E-state index is 0.679. The van der Waals surface area contributed by atoms with E-state index in [1.54, 1.807) is 13.3 Å². The first-order valence-electron chi connectivity index (χ1n) is 7.28. The second kappa shape index (κ2) is 8.34. The summed E-state index contributed by atoms with van der Waals surface area (Å²) in [6.07, 6.45) is 1.80. The predicted molar refractivity (Wildman–Crippen MR) is 92.8 cm³/mol. The number of nitrogens with one attached hydrogen (secondary N) is 1. The van der Waals surface area contributed by atoms with Gasteiger partial charge in [0, 0.05) is 19.3 Å². The van der Waals surface area contributed by atoms with Crippen molar-refractivity contribution < 1.29 is 4.74 Å². The number of methoxy groups -OCH3 is 1. The van der Waals surface area contributed by atoms with Crippen LogP contribution in [0.3, 0.4) is 0 Å². The first-order chi connectivity index (χ1) is 10.7. The lowest BCUT2D eigenvalue weighted by molar-refractivity contribution is 0.393. The fourth-order valence-electron chi connectivity index (χ4n) is 2.10. The average Bonchev–Trinajstić information content (AvgIpc) is 2.56. The summed E-state index contributed by atoms with van der Waals surface area (Å²) >= 11 is 5.48. The zero-order valence-electron chi connectivity index (χ0n) is 13.0. The Balaban J connectivity index is 2.11. The lowest BCUT2D eigenvalue weighted by Gasteiger charge is -2.25. The van der Waals surface area contributed by atoms with Gasteiger partial charge in [-0.1, -0.05) is 18.2 Å². The number of hydrogen-bond acceptors (Lipinski definition) is 3. The van der Waals surface area contributed by atoms with E-state index in [4.69, 9.17) is 17.0 Å². The van der Waals surface area contributed by atoms with E-state index in [1.165, 1.54) is 5.56 Å². The molecule has 0 atom stereocenters. The summed E-state index contributed by atoms with van der Waals surface area (Å²) in [4.78, 5) is 6.50. The van der Waals surface area contributed by atoms with Gasteiger partial charge in [0.25, 0.3) is 0 Å². The number of aromatic nitrogens is 1. The number of ether oxygens (including phenoxy) is 1. The van der Waals surface area contributed by atoms with E-state index in [2.05, 4.69) is 27.3 Å². The molecular weight excluding hydrogens is 294 g/mol. The molecule has 0 aliphatic carbocycles. The molecule has 116 valence electrons. The Morgan fingerprint density at radius 3 is 2.55 bits per heavy atom. The van der Waals surface area contributed by atoms with Crippen molar-refractivity contribution in [3.8, 4) is 5.75 Å². The molecular formula is C17H21N3OS. The molecule has 1 N–H and O–H groups in total. The smallest absolute Gasteiger partial charge is 0.169 e. The first-order valence-corrected chi connectivity index (χ1v) is 7.69. The van der Waals surface area contributed by atoms with Crippen molar-refractivity contribution in [1.82, 2.24) is 15.2 Å². The van der Waals surface area contributed by atoms with Crippen LogP contribution in [0.5, 0.6) is 5.75 Å². The second-order valence-electron chi connectivity index (χ2n) is 4.86. The van der Waals surface area contributed by atoms with E-state index >= 15 is 0 Å². The van der Waals surface area contributed by atoms with Crippen molar-refractivity contribution in [3.63, 3.8) is 0 Å². The van der Waals surface area contributed by atoms with Crippen molar-refractivity contribution in [2.45, 2.75) is 20.0 Å². The lowest BCUT2D eigenvalue weighted by Crippen LogP contribution is -2.38. The van der Waals surface area contributed by atoms with Crippen LogP contribution in [0.25, 0.3) is 0 Å². The SMILES string of the molecule is CCNC(=S)N(Cc1ccc(OC)cc1)Cc1ccccn1. The van der Waals surface area contributed by atoms with Crippen LogP contribution in [0, 0.1) is 0 Å². The van der Waals surface area contributed by atoms with Gasteiger partial charge in [-0.15, -0.1) is 0 Å². The highest BCUT2D eigenvalue weighted by Gasteiger charge is 2.11. The normalized spacial score (nSPS) is 10.1. The Morgan fingerprint density at radius 2 is 1.95 bits per heavy atom. The Bertz CT molecular complexity index is 587. The molecule has 4 nitrogen and oxygen atoms in total. The molecule has 0 unspecified atom stereocenters. The van der Waals surface area contributed by atoms with Gasteiger partial charge in [0.2, 0.25) is 0 Å². The first kappa shape index (κ1) is 16.2. The summed E-state index contributed by atoms with van der Waals surface area (Å²) in [5, 5.41) is 3.95. The topological polar surface area (TPSA) is 37.4 Å². The van der Waals surface area contributed by atoms with Crippen LogP contribution >= 0.6 is 12.2 Å². The second-order valence-corrected chi connectivity index (χ2v) is 5.25. The van der Waals surface area contributed by atoms with Crippen LogP contribution in [-0.2, 0) is 13.1 Å². The third kappa shape index (κ3) is 4.70. The third-order valence-corrected chi connectivity index (χ3v) is 3.63. The minimum absolute atomic E-state index is 0.679. The maximum Gasteiger partial charge on any atom is 0.169 e. The summed E-state index contributed by atoms with van der Waals surface area (Å²) in [6.45, 7) is 4.25. The number of thiocarbonyl (C=S) groups is 1. The molecule has 0 spiro atoms. The fraction of sp³-hybridized carbons (Fsp3) is 0.294. The van der Waals surface area contributed by atoms with Crippen molar-refractivity contribution in [1.29, 1.82) is 0 Å². The number of hydrogen-bond donors (Lipinski definition) is 1. The van der Waals surface area contributed by atoms with Crippen molar-refractivity contribution in [3.05, 3.63) is 59.9 Å². The maximum atomic E-state index is 5.48. The molecule has 0 radical (unpaired) electrons. The van der Waals surface area contributed by atoms with Crippen LogP contribution in [0.2, 0.25) is 0 Å². The predicted octanol–water partition coefficient (Wildman–Crippen LogP) is 2.99. The summed E-state index contributed by atoms with van der Waals surface area (Å²) in [5.41, 5.74) is 2.17. The highest BCUT2D eigenvalue weighted by molar-refractivity contribution is 7.80. The number of benzene rings is 1. The zero-order chi connectivity index (χ0) is 15.8. The molecule has 5 heteroatoms. The fourth-order valence-corrected chi connectivity index (χ4v) is 2.37. The lowest BCUT2D eigenvalue weighted by atomic mass is 10.2. The van der Waals surface area contributed by atoms with Gasteiger partial charge in [-0.2, -0.15) is 0 Å². The van der Waals surface area contributed by atoms with Crippen molar-refractivity contribution >= 4 is 17.3 Å². The average molecular weight is 315 g/mol. The van der Waals surface area contributed by atoms with Gasteiger partial charge < -0.3 is 15.0 Å². The van der Waals surface area contributed by atoms with E-state index in [1.807, 2.05) is 37.3 Å². The molecule has 0 fully saturated rings. The Hall–Kier alpha value is -2.14. The molecule has 0 aliphatic rings. The maximum absolute atomic E-state index is 5.48. The Kier molecular flexibility index (Phi) is 6.15. The van der Waals surface area contributed by atoms with Crippen LogP contribution in [0.15, 0.2) is 48.7 Å². The summed E-state index contributed by atoms with van der Waals surface area (Å²) in [7, 11) is 1.67. The van der Waals surface area contributed by atoms with E-state index in [0.717, 1.165) is 29.6 Å².